The van der Waals surface area contributed by atoms with E-state index < -0.39 is 11.7 Å². The van der Waals surface area contributed by atoms with Gasteiger partial charge in [-0.15, -0.1) is 0 Å². The number of carbonyl (C=O) groups excluding carboxylic acids is 2. The van der Waals surface area contributed by atoms with Crippen molar-refractivity contribution in [1.82, 2.24) is 20.2 Å². The Kier molecular flexibility index (Phi) is 3.71. The normalized spacial score (nSPS) is 24.8. The minimum Gasteiger partial charge on any atom is -0.439 e. The standard InChI is InChI=1S/C13H16N4O3S/c1-21-11-14-5-9(6-15-11)10(18)17-4-2-3-13(8-17)7-16-12(19)20-13/h5-6H,2-4,7-8H2,1H3,(H,16,19). The number of likely N-dealkylation sites (tertiary alicyclic amines) is 1. The summed E-state index contributed by atoms with van der Waals surface area (Å²) in [6, 6.07) is 0. The second-order valence-corrected chi connectivity index (χ2v) is 5.99. The van der Waals surface area contributed by atoms with Gasteiger partial charge in [0.2, 0.25) is 0 Å². The molecular formula is C13H16N4O3S. The summed E-state index contributed by atoms with van der Waals surface area (Å²) >= 11 is 1.43. The topological polar surface area (TPSA) is 84.4 Å². The predicted octanol–water partition coefficient (Wildman–Crippen LogP) is 0.913. The van der Waals surface area contributed by atoms with Crippen LogP contribution in [0.25, 0.3) is 0 Å². The van der Waals surface area contributed by atoms with Crippen LogP contribution in [0, 0.1) is 0 Å². The Labute approximate surface area is 126 Å². The average Bonchev–Trinajstić information content (AvgIpc) is 2.87. The lowest BCUT2D eigenvalue weighted by molar-refractivity contribution is -0.00507. The summed E-state index contributed by atoms with van der Waals surface area (Å²) in [5.74, 6) is -0.121. The molecule has 2 aliphatic rings. The molecule has 0 aromatic carbocycles. The van der Waals surface area contributed by atoms with Gasteiger partial charge >= 0.3 is 6.09 Å². The summed E-state index contributed by atoms with van der Waals surface area (Å²) in [4.78, 5) is 33.7. The molecule has 8 heteroatoms. The zero-order chi connectivity index (χ0) is 14.9. The molecule has 0 aliphatic carbocycles. The fourth-order valence-electron chi connectivity index (χ4n) is 2.72. The van der Waals surface area contributed by atoms with E-state index in [0.717, 1.165) is 12.8 Å². The molecule has 1 aromatic rings. The van der Waals surface area contributed by atoms with Crippen molar-refractivity contribution in [3.63, 3.8) is 0 Å². The molecule has 21 heavy (non-hydrogen) atoms. The third-order valence-electron chi connectivity index (χ3n) is 3.75. The maximum absolute atomic E-state index is 12.5. The van der Waals surface area contributed by atoms with Crippen LogP contribution < -0.4 is 5.32 Å². The molecule has 2 fully saturated rings. The van der Waals surface area contributed by atoms with Crippen molar-refractivity contribution in [2.45, 2.75) is 23.6 Å². The third kappa shape index (κ3) is 2.80. The molecule has 1 N–H and O–H groups in total. The van der Waals surface area contributed by atoms with Gasteiger partial charge in [0.05, 0.1) is 18.7 Å². The van der Waals surface area contributed by atoms with E-state index in [1.54, 1.807) is 17.3 Å². The van der Waals surface area contributed by atoms with Crippen molar-refractivity contribution in [3.8, 4) is 0 Å². The molecule has 1 unspecified atom stereocenters. The number of nitrogens with zero attached hydrogens (tertiary/aromatic N) is 3. The smallest absolute Gasteiger partial charge is 0.407 e. The van der Waals surface area contributed by atoms with Crippen LogP contribution in [0.15, 0.2) is 17.6 Å². The van der Waals surface area contributed by atoms with Gasteiger partial charge in [-0.1, -0.05) is 11.8 Å². The van der Waals surface area contributed by atoms with Crippen LogP contribution >= 0.6 is 11.8 Å². The summed E-state index contributed by atoms with van der Waals surface area (Å²) in [5, 5.41) is 3.30. The summed E-state index contributed by atoms with van der Waals surface area (Å²) < 4.78 is 5.36. The van der Waals surface area contributed by atoms with Crippen molar-refractivity contribution in [1.29, 1.82) is 0 Å². The van der Waals surface area contributed by atoms with E-state index in [1.807, 2.05) is 6.26 Å². The zero-order valence-electron chi connectivity index (χ0n) is 11.7. The van der Waals surface area contributed by atoms with E-state index in [9.17, 15) is 9.59 Å². The molecule has 1 aromatic heterocycles. The van der Waals surface area contributed by atoms with E-state index in [2.05, 4.69) is 15.3 Å². The molecule has 1 atom stereocenters. The second kappa shape index (κ2) is 5.51. The highest BCUT2D eigenvalue weighted by molar-refractivity contribution is 7.98. The number of piperidine rings is 1. The quantitative estimate of drug-likeness (QED) is 0.646. The van der Waals surface area contributed by atoms with Gasteiger partial charge < -0.3 is 15.0 Å². The molecule has 2 amide bonds. The third-order valence-corrected chi connectivity index (χ3v) is 4.32. The van der Waals surface area contributed by atoms with E-state index in [0.29, 0.717) is 30.4 Å². The average molecular weight is 308 g/mol. The fourth-order valence-corrected chi connectivity index (χ4v) is 3.03. The van der Waals surface area contributed by atoms with Crippen LogP contribution in [0.5, 0.6) is 0 Å². The van der Waals surface area contributed by atoms with E-state index >= 15 is 0 Å². The number of carbonyl (C=O) groups is 2. The van der Waals surface area contributed by atoms with Gasteiger partial charge in [0.25, 0.3) is 5.91 Å². The minimum atomic E-state index is -0.578. The molecule has 3 heterocycles. The van der Waals surface area contributed by atoms with Gasteiger partial charge in [-0.05, 0) is 19.1 Å². The fraction of sp³-hybridized carbons (Fsp3) is 0.538. The van der Waals surface area contributed by atoms with Crippen LogP contribution in [-0.4, -0.2) is 58.4 Å². The van der Waals surface area contributed by atoms with E-state index in [-0.39, 0.29) is 5.91 Å². The predicted molar refractivity (Wildman–Crippen MR) is 76.2 cm³/mol. The Hall–Kier alpha value is -1.83. The molecule has 0 radical (unpaired) electrons. The van der Waals surface area contributed by atoms with Gasteiger partial charge in [-0.25, -0.2) is 14.8 Å². The number of alkyl carbamates (subject to hydrolysis) is 1. The SMILES string of the molecule is CSc1ncc(C(=O)N2CCCC3(CNC(=O)O3)C2)cn1. The highest BCUT2D eigenvalue weighted by atomic mass is 32.2. The first kappa shape index (κ1) is 14.1. The van der Waals surface area contributed by atoms with Crippen LogP contribution in [0.3, 0.4) is 0 Å². The minimum absolute atomic E-state index is 0.121. The number of hydrogen-bond donors (Lipinski definition) is 1. The highest BCUT2D eigenvalue weighted by Crippen LogP contribution is 2.28. The van der Waals surface area contributed by atoms with Gasteiger partial charge in [0.15, 0.2) is 5.16 Å². The molecule has 1 spiro atoms. The number of nitrogens with one attached hydrogen (secondary N) is 1. The van der Waals surface area contributed by atoms with Crippen molar-refractivity contribution >= 4 is 23.8 Å². The molecule has 7 nitrogen and oxygen atoms in total. The number of ether oxygens (including phenoxy) is 1. The Bertz CT molecular complexity index is 565. The number of aromatic nitrogens is 2. The van der Waals surface area contributed by atoms with Crippen molar-refractivity contribution in [2.24, 2.45) is 0 Å². The van der Waals surface area contributed by atoms with Crippen molar-refractivity contribution in [2.75, 3.05) is 25.9 Å². The molecule has 3 rings (SSSR count). The van der Waals surface area contributed by atoms with Crippen LogP contribution in [-0.2, 0) is 4.74 Å². The summed E-state index contributed by atoms with van der Waals surface area (Å²) in [7, 11) is 0. The van der Waals surface area contributed by atoms with Crippen molar-refractivity contribution in [3.05, 3.63) is 18.0 Å². The Balaban J connectivity index is 1.73. The number of rotatable bonds is 2. The first-order chi connectivity index (χ1) is 10.1. The lowest BCUT2D eigenvalue weighted by atomic mass is 9.93. The van der Waals surface area contributed by atoms with Crippen LogP contribution in [0.1, 0.15) is 23.2 Å². The zero-order valence-corrected chi connectivity index (χ0v) is 12.5. The Morgan fingerprint density at radius 3 is 2.86 bits per heavy atom. The molecule has 0 bridgehead atoms. The summed E-state index contributed by atoms with van der Waals surface area (Å²) in [6.07, 6.45) is 6.15. The summed E-state index contributed by atoms with van der Waals surface area (Å²) in [5.41, 5.74) is -0.118. The van der Waals surface area contributed by atoms with Crippen LogP contribution in [0.4, 0.5) is 4.79 Å². The molecule has 2 saturated heterocycles. The first-order valence-electron chi connectivity index (χ1n) is 6.74. The maximum atomic E-state index is 12.5. The second-order valence-electron chi connectivity index (χ2n) is 5.21. The lowest BCUT2D eigenvalue weighted by Crippen LogP contribution is -2.52. The number of amides is 2. The molecular weight excluding hydrogens is 292 g/mol. The Morgan fingerprint density at radius 2 is 2.24 bits per heavy atom. The maximum Gasteiger partial charge on any atom is 0.407 e. The first-order valence-corrected chi connectivity index (χ1v) is 7.96. The van der Waals surface area contributed by atoms with Gasteiger partial charge in [0.1, 0.15) is 5.60 Å². The monoisotopic (exact) mass is 308 g/mol. The van der Waals surface area contributed by atoms with Crippen molar-refractivity contribution < 1.29 is 14.3 Å². The molecule has 0 saturated carbocycles. The number of hydrogen-bond acceptors (Lipinski definition) is 6. The number of thioether (sulfide) groups is 1. The van der Waals surface area contributed by atoms with Crippen LogP contribution in [0.2, 0.25) is 0 Å². The molecule has 112 valence electrons. The van der Waals surface area contributed by atoms with E-state index in [1.165, 1.54) is 11.8 Å². The molecule has 2 aliphatic heterocycles. The Morgan fingerprint density at radius 1 is 1.48 bits per heavy atom. The summed E-state index contributed by atoms with van der Waals surface area (Å²) in [6.45, 7) is 1.52. The van der Waals surface area contributed by atoms with Gasteiger partial charge in [0, 0.05) is 18.9 Å². The highest BCUT2D eigenvalue weighted by Gasteiger charge is 2.44. The van der Waals surface area contributed by atoms with Gasteiger partial charge in [-0.3, -0.25) is 4.79 Å². The van der Waals surface area contributed by atoms with Gasteiger partial charge in [-0.2, -0.15) is 0 Å². The lowest BCUT2D eigenvalue weighted by Gasteiger charge is -2.38. The largest absolute Gasteiger partial charge is 0.439 e. The van der Waals surface area contributed by atoms with E-state index in [4.69, 9.17) is 4.74 Å².